The fraction of sp³-hybridized carbons (Fsp3) is 1.00. The van der Waals surface area contributed by atoms with Gasteiger partial charge in [-0.25, -0.2) is 0 Å². The Hall–Kier alpha value is 0.860. The smallest absolute Gasteiger partial charge is 0.0174 e. The Kier molecular flexibility index (Phi) is 6.18. The maximum absolute atomic E-state index is 2.48. The molecule has 0 nitrogen and oxygen atoms in total. The molecule has 0 aliphatic carbocycles. The molecule has 1 unspecified atom stereocenters. The van der Waals surface area contributed by atoms with Crippen molar-refractivity contribution in [3.63, 3.8) is 0 Å². The molecule has 1 atom stereocenters. The molecule has 17 heavy (non-hydrogen) atoms. The normalized spacial score (nSPS) is 16.4. The lowest BCUT2D eigenvalue weighted by Crippen LogP contribution is -2.28. The van der Waals surface area contributed by atoms with E-state index in [1.165, 1.54) is 12.3 Å². The zero-order valence-electron chi connectivity index (χ0n) is 13.8. The minimum atomic E-state index is 0.0938. The van der Waals surface area contributed by atoms with Crippen LogP contribution < -0.4 is 0 Å². The monoisotopic (exact) mass is 276 g/mol. The van der Waals surface area contributed by atoms with Crippen LogP contribution in [0, 0.1) is 0 Å². The SMILES string of the molecule is CP(CCP(C(C)(C)C)C(C)(C)C)C(C)(C)C. The third-order valence-electron chi connectivity index (χ3n) is 3.42. The number of hydrogen-bond donors (Lipinski definition) is 0. The fourth-order valence-corrected chi connectivity index (χ4v) is 8.29. The molecule has 0 N–H and O–H groups in total. The summed E-state index contributed by atoms with van der Waals surface area (Å²) in [6.07, 6.45) is 2.89. The van der Waals surface area contributed by atoms with Gasteiger partial charge in [-0.05, 0) is 34.5 Å². The highest BCUT2D eigenvalue weighted by atomic mass is 31.1. The molecule has 0 aromatic carbocycles. The molecule has 0 amide bonds. The molecule has 0 rings (SSSR count). The summed E-state index contributed by atoms with van der Waals surface area (Å²) in [6.45, 7) is 24.3. The topological polar surface area (TPSA) is 0 Å². The van der Waals surface area contributed by atoms with Gasteiger partial charge >= 0.3 is 0 Å². The van der Waals surface area contributed by atoms with Crippen molar-refractivity contribution in [3.05, 3.63) is 0 Å². The molecule has 0 heterocycles. The van der Waals surface area contributed by atoms with E-state index in [0.29, 0.717) is 15.5 Å². The van der Waals surface area contributed by atoms with Crippen LogP contribution in [0.1, 0.15) is 62.3 Å². The van der Waals surface area contributed by atoms with Crippen molar-refractivity contribution >= 4 is 15.8 Å². The predicted molar refractivity (Wildman–Crippen MR) is 88.8 cm³/mol. The lowest BCUT2D eigenvalue weighted by Gasteiger charge is -2.43. The van der Waals surface area contributed by atoms with Crippen molar-refractivity contribution in [1.29, 1.82) is 0 Å². The Morgan fingerprint density at radius 3 is 1.18 bits per heavy atom. The molecule has 0 saturated heterocycles. The maximum atomic E-state index is 2.48. The second kappa shape index (κ2) is 5.88. The highest BCUT2D eigenvalue weighted by Crippen LogP contribution is 2.61. The highest BCUT2D eigenvalue weighted by molar-refractivity contribution is 7.63. The molecule has 0 bridgehead atoms. The second-order valence-corrected chi connectivity index (χ2v) is 15.3. The summed E-state index contributed by atoms with van der Waals surface area (Å²) < 4.78 is 0. The first-order valence-corrected chi connectivity index (χ1v) is 10.3. The van der Waals surface area contributed by atoms with E-state index >= 15 is 0 Å². The first kappa shape index (κ1) is 17.9. The molecule has 0 fully saturated rings. The van der Waals surface area contributed by atoms with Gasteiger partial charge in [-0.3, -0.25) is 0 Å². The van der Waals surface area contributed by atoms with Crippen LogP contribution in [0.4, 0.5) is 0 Å². The van der Waals surface area contributed by atoms with Gasteiger partial charge in [0.2, 0.25) is 0 Å². The van der Waals surface area contributed by atoms with Gasteiger partial charge in [0.1, 0.15) is 0 Å². The standard InChI is InChI=1S/C15H34P2/c1-13(2,3)16(10)11-12-17(14(4,5)6)15(7,8)9/h11-12H2,1-10H3. The quantitative estimate of drug-likeness (QED) is 0.556. The van der Waals surface area contributed by atoms with Crippen molar-refractivity contribution in [2.75, 3.05) is 19.0 Å². The summed E-state index contributed by atoms with van der Waals surface area (Å²) in [4.78, 5) is 0. The molecule has 2 heteroatoms. The Balaban J connectivity index is 4.61. The van der Waals surface area contributed by atoms with E-state index in [0.717, 1.165) is 0 Å². The van der Waals surface area contributed by atoms with Crippen molar-refractivity contribution in [2.45, 2.75) is 77.8 Å². The first-order valence-electron chi connectivity index (χ1n) is 6.75. The van der Waals surface area contributed by atoms with Crippen LogP contribution in [-0.4, -0.2) is 34.5 Å². The average Bonchev–Trinajstić information content (AvgIpc) is 1.96. The van der Waals surface area contributed by atoms with Gasteiger partial charge in [-0.1, -0.05) is 70.2 Å². The Bertz CT molecular complexity index is 211. The third kappa shape index (κ3) is 6.54. The van der Waals surface area contributed by atoms with E-state index in [2.05, 4.69) is 69.0 Å². The summed E-state index contributed by atoms with van der Waals surface area (Å²) in [5.41, 5.74) is 0. The fourth-order valence-electron chi connectivity index (χ4n) is 2.26. The number of rotatable bonds is 3. The Morgan fingerprint density at radius 1 is 0.588 bits per heavy atom. The number of hydrogen-bond acceptors (Lipinski definition) is 0. The van der Waals surface area contributed by atoms with Gasteiger partial charge in [0.15, 0.2) is 0 Å². The molecule has 0 aromatic rings. The summed E-state index contributed by atoms with van der Waals surface area (Å²) in [5, 5.41) is 1.50. The van der Waals surface area contributed by atoms with Crippen LogP contribution in [0.25, 0.3) is 0 Å². The average molecular weight is 276 g/mol. The van der Waals surface area contributed by atoms with Crippen LogP contribution in [0.15, 0.2) is 0 Å². The third-order valence-corrected chi connectivity index (χ3v) is 10.9. The van der Waals surface area contributed by atoms with E-state index in [1.807, 2.05) is 0 Å². The van der Waals surface area contributed by atoms with E-state index < -0.39 is 0 Å². The summed E-state index contributed by atoms with van der Waals surface area (Å²) in [7, 11) is 0.262. The molecule has 0 saturated carbocycles. The van der Waals surface area contributed by atoms with Crippen molar-refractivity contribution < 1.29 is 0 Å². The first-order chi connectivity index (χ1) is 7.26. The maximum Gasteiger partial charge on any atom is -0.0174 e. The van der Waals surface area contributed by atoms with E-state index in [1.54, 1.807) is 0 Å². The summed E-state index contributed by atoms with van der Waals surface area (Å²) in [6, 6.07) is 0. The molecule has 0 aliphatic heterocycles. The Morgan fingerprint density at radius 2 is 0.941 bits per heavy atom. The Labute approximate surface area is 113 Å². The van der Waals surface area contributed by atoms with Gasteiger partial charge in [0.05, 0.1) is 0 Å². The summed E-state index contributed by atoms with van der Waals surface area (Å²) in [5.74, 6) is 0. The van der Waals surface area contributed by atoms with Gasteiger partial charge in [0.25, 0.3) is 0 Å². The molecular weight excluding hydrogens is 242 g/mol. The van der Waals surface area contributed by atoms with Crippen LogP contribution in [-0.2, 0) is 0 Å². The molecular formula is C15H34P2. The zero-order valence-corrected chi connectivity index (χ0v) is 15.6. The van der Waals surface area contributed by atoms with E-state index in [-0.39, 0.29) is 15.8 Å². The predicted octanol–water partition coefficient (Wildman–Crippen LogP) is 5.98. The molecule has 104 valence electrons. The lowest BCUT2D eigenvalue weighted by molar-refractivity contribution is 0.705. The highest BCUT2D eigenvalue weighted by Gasteiger charge is 2.34. The van der Waals surface area contributed by atoms with E-state index in [4.69, 9.17) is 0 Å². The minimum absolute atomic E-state index is 0.0938. The summed E-state index contributed by atoms with van der Waals surface area (Å²) >= 11 is 0. The second-order valence-electron chi connectivity index (χ2n) is 8.09. The van der Waals surface area contributed by atoms with Crippen LogP contribution in [0.3, 0.4) is 0 Å². The van der Waals surface area contributed by atoms with Gasteiger partial charge in [-0.2, -0.15) is 0 Å². The van der Waals surface area contributed by atoms with Crippen LogP contribution in [0.2, 0.25) is 0 Å². The largest absolute Gasteiger partial charge is 0.104 e. The lowest BCUT2D eigenvalue weighted by atomic mass is 10.2. The van der Waals surface area contributed by atoms with Gasteiger partial charge in [-0.15, -0.1) is 7.92 Å². The zero-order chi connectivity index (χ0) is 14.1. The molecule has 0 aromatic heterocycles. The van der Waals surface area contributed by atoms with Gasteiger partial charge in [0, 0.05) is 0 Å². The molecule has 0 aliphatic rings. The van der Waals surface area contributed by atoms with Crippen molar-refractivity contribution in [3.8, 4) is 0 Å². The molecule has 0 spiro atoms. The van der Waals surface area contributed by atoms with E-state index in [9.17, 15) is 0 Å². The van der Waals surface area contributed by atoms with Gasteiger partial charge < -0.3 is 0 Å². The molecule has 0 radical (unpaired) electrons. The van der Waals surface area contributed by atoms with Crippen LogP contribution in [0.5, 0.6) is 0 Å². The van der Waals surface area contributed by atoms with Crippen molar-refractivity contribution in [2.24, 2.45) is 0 Å². The minimum Gasteiger partial charge on any atom is -0.104 e. The van der Waals surface area contributed by atoms with Crippen molar-refractivity contribution in [1.82, 2.24) is 0 Å². The van der Waals surface area contributed by atoms with Crippen LogP contribution >= 0.6 is 15.8 Å².